The lowest BCUT2D eigenvalue weighted by atomic mass is 10.6. The minimum atomic E-state index is 0.557. The predicted molar refractivity (Wildman–Crippen MR) is 38.5 cm³/mol. The molecule has 0 aliphatic rings. The highest BCUT2D eigenvalue weighted by molar-refractivity contribution is 7.05. The maximum atomic E-state index is 5.65. The highest BCUT2D eigenvalue weighted by Crippen LogP contribution is 2.10. The molecule has 0 aliphatic heterocycles. The van der Waals surface area contributed by atoms with Crippen molar-refractivity contribution in [2.75, 3.05) is 5.84 Å². The van der Waals surface area contributed by atoms with Gasteiger partial charge in [0.15, 0.2) is 0 Å². The Morgan fingerprint density at radius 2 is 2.44 bits per heavy atom. The zero-order valence-electron chi connectivity index (χ0n) is 4.81. The van der Waals surface area contributed by atoms with Crippen LogP contribution in [0.3, 0.4) is 0 Å². The van der Waals surface area contributed by atoms with Crippen molar-refractivity contribution in [1.82, 2.24) is 14.5 Å². The number of nitrogens with two attached hydrogens (primary N) is 1. The number of aromatic nitrogens is 3. The molecule has 0 aliphatic carbocycles. The maximum absolute atomic E-state index is 5.65. The van der Waals surface area contributed by atoms with Crippen LogP contribution in [0.2, 0.25) is 5.15 Å². The minimum absolute atomic E-state index is 0.557. The highest BCUT2D eigenvalue weighted by atomic mass is 35.5. The zero-order chi connectivity index (χ0) is 6.85. The fraction of sp³-hybridized carbons (Fsp3) is 0.333. The van der Waals surface area contributed by atoms with E-state index >= 15 is 0 Å². The summed E-state index contributed by atoms with van der Waals surface area (Å²) in [6, 6.07) is 0. The number of nitrogens with one attached hydrogen (secondary N) is 2. The largest absolute Gasteiger partial charge is 0.309 e. The molecule has 1 rings (SSSR count). The number of rotatable bonds is 0. The monoisotopic (exact) mass is 166 g/mol. The summed E-state index contributed by atoms with van der Waals surface area (Å²) in [5, 5.41) is 3.21. The van der Waals surface area contributed by atoms with E-state index < -0.39 is 0 Å². The van der Waals surface area contributed by atoms with Crippen molar-refractivity contribution < 1.29 is 0 Å². The maximum Gasteiger partial charge on any atom is 0.138 e. The third kappa shape index (κ3) is 1.43. The Morgan fingerprint density at radius 3 is 2.89 bits per heavy atom. The van der Waals surface area contributed by atoms with Crippen LogP contribution in [-0.2, 0) is 0 Å². The average Bonchev–Trinajstić information content (AvgIpc) is 1.80. The molecular weight excluding hydrogens is 160 g/mol. The van der Waals surface area contributed by atoms with Gasteiger partial charge in [-0.15, -0.1) is 4.91 Å². The van der Waals surface area contributed by atoms with E-state index in [2.05, 4.69) is 9.59 Å². The molecule has 0 bridgehead atoms. The van der Waals surface area contributed by atoms with E-state index in [0.717, 1.165) is 4.88 Å². The molecule has 0 fully saturated rings. The smallest absolute Gasteiger partial charge is 0.138 e. The second-order valence-corrected chi connectivity index (χ2v) is 2.92. The predicted octanol–water partition coefficient (Wildman–Crippen LogP) is 1.01. The first-order valence-corrected chi connectivity index (χ1v) is 3.50. The average molecular weight is 167 g/mol. The second-order valence-electron chi connectivity index (χ2n) is 1.55. The lowest BCUT2D eigenvalue weighted by Crippen LogP contribution is -2.15. The van der Waals surface area contributed by atoms with Gasteiger partial charge in [-0.1, -0.05) is 11.6 Å². The topological polar surface area (TPSA) is 62.5 Å². The van der Waals surface area contributed by atoms with E-state index in [0.29, 0.717) is 5.15 Å². The summed E-state index contributed by atoms with van der Waals surface area (Å²) in [5.74, 6) is 5.26. The molecule has 0 radical (unpaired) electrons. The lowest BCUT2D eigenvalue weighted by molar-refractivity contribution is 0.697. The van der Waals surface area contributed by atoms with Crippen LogP contribution >= 0.6 is 23.1 Å². The molecule has 0 saturated heterocycles. The van der Waals surface area contributed by atoms with Crippen molar-refractivity contribution in [3.8, 4) is 0 Å². The van der Waals surface area contributed by atoms with Gasteiger partial charge >= 0.3 is 0 Å². The van der Waals surface area contributed by atoms with Gasteiger partial charge in [-0.3, -0.25) is 5.10 Å². The summed E-state index contributed by atoms with van der Waals surface area (Å²) in [7, 11) is 0. The molecule has 0 atom stereocenters. The third-order valence-electron chi connectivity index (χ3n) is 0.825. The van der Waals surface area contributed by atoms with Crippen LogP contribution in [0, 0.1) is 6.92 Å². The summed E-state index contributed by atoms with van der Waals surface area (Å²) in [6.45, 7) is 1.89. The normalized spacial score (nSPS) is 9.56. The Balaban J connectivity index is 3.17. The number of hydrogen-bond acceptors (Lipinski definition) is 2. The first-order chi connectivity index (χ1) is 4.20. The van der Waals surface area contributed by atoms with Gasteiger partial charge in [-0.05, 0) is 18.5 Å². The van der Waals surface area contributed by atoms with E-state index in [1.54, 1.807) is 0 Å². The Labute approximate surface area is 61.0 Å². The molecule has 4 N–H and O–H groups in total. The van der Waals surface area contributed by atoms with E-state index in [1.807, 2.05) is 6.92 Å². The molecule has 4 nitrogen and oxygen atoms in total. The van der Waals surface area contributed by atoms with E-state index in [9.17, 15) is 0 Å². The van der Waals surface area contributed by atoms with Crippen LogP contribution < -0.4 is 5.84 Å². The molecule has 0 aromatic carbocycles. The summed E-state index contributed by atoms with van der Waals surface area (Å²) in [4.78, 5) is 2.17. The number of H-pyrrole nitrogens is 2. The van der Waals surface area contributed by atoms with Gasteiger partial charge in [0.1, 0.15) is 5.15 Å². The second kappa shape index (κ2) is 2.36. The molecule has 1 aromatic heterocycles. The van der Waals surface area contributed by atoms with Gasteiger partial charge in [0, 0.05) is 0 Å². The van der Waals surface area contributed by atoms with Crippen LogP contribution in [0.5, 0.6) is 0 Å². The van der Waals surface area contributed by atoms with Crippen LogP contribution in [-0.4, -0.2) is 14.5 Å². The quantitative estimate of drug-likeness (QED) is 0.495. The van der Waals surface area contributed by atoms with E-state index in [1.165, 1.54) is 16.4 Å². The van der Waals surface area contributed by atoms with Crippen molar-refractivity contribution in [3.63, 3.8) is 0 Å². The van der Waals surface area contributed by atoms with Crippen molar-refractivity contribution in [3.05, 3.63) is 10.0 Å². The van der Waals surface area contributed by atoms with Gasteiger partial charge in [0.25, 0.3) is 0 Å². The number of nitrogens with zero attached hydrogens (tertiary/aromatic N) is 1. The fourth-order valence-corrected chi connectivity index (χ4v) is 0.993. The summed E-state index contributed by atoms with van der Waals surface area (Å²) >= 11 is 7.02. The Bertz CT molecular complexity index is 227. The molecule has 1 aromatic rings. The van der Waals surface area contributed by atoms with Gasteiger partial charge in [-0.2, -0.15) is 0 Å². The van der Waals surface area contributed by atoms with E-state index in [-0.39, 0.29) is 0 Å². The standard InChI is InChI=1S/C3H7ClN4S/c1-2-3(4)6-8(5)7-9-2/h6-7H,5H2,1H3. The van der Waals surface area contributed by atoms with Crippen LogP contribution in [0.1, 0.15) is 4.88 Å². The van der Waals surface area contributed by atoms with E-state index in [4.69, 9.17) is 17.4 Å². The van der Waals surface area contributed by atoms with Gasteiger partial charge in [-0.25, -0.2) is 4.49 Å². The lowest BCUT2D eigenvalue weighted by Gasteiger charge is -2.00. The fourth-order valence-electron chi connectivity index (χ4n) is 0.370. The van der Waals surface area contributed by atoms with Gasteiger partial charge in [0.2, 0.25) is 0 Å². The highest BCUT2D eigenvalue weighted by Gasteiger charge is 1.91. The molecule has 1 heterocycles. The first kappa shape index (κ1) is 6.57. The summed E-state index contributed by atoms with van der Waals surface area (Å²) in [6.07, 6.45) is 0. The van der Waals surface area contributed by atoms with Crippen LogP contribution in [0.15, 0.2) is 0 Å². The van der Waals surface area contributed by atoms with Crippen LogP contribution in [0.25, 0.3) is 0 Å². The molecule has 0 unspecified atom stereocenters. The summed E-state index contributed by atoms with van der Waals surface area (Å²) in [5.41, 5.74) is 0. The van der Waals surface area contributed by atoms with Crippen molar-refractivity contribution in [1.29, 1.82) is 0 Å². The Morgan fingerprint density at radius 1 is 1.78 bits per heavy atom. The number of halogens is 1. The van der Waals surface area contributed by atoms with Crippen molar-refractivity contribution >= 4 is 23.1 Å². The number of aryl methyl sites for hydroxylation is 1. The molecule has 0 saturated carbocycles. The Kier molecular flexibility index (Phi) is 1.73. The SMILES string of the molecule is Cc1s[nH]n(N)[nH]c1Cl. The minimum Gasteiger partial charge on any atom is -0.309 e. The van der Waals surface area contributed by atoms with Crippen molar-refractivity contribution in [2.24, 2.45) is 0 Å². The molecule has 6 heteroatoms. The Hall–Kier alpha value is -0.550. The van der Waals surface area contributed by atoms with Crippen molar-refractivity contribution in [2.45, 2.75) is 6.92 Å². The van der Waals surface area contributed by atoms with Gasteiger partial charge in [0.05, 0.1) is 4.88 Å². The van der Waals surface area contributed by atoms with Crippen LogP contribution in [0.4, 0.5) is 0 Å². The zero-order valence-corrected chi connectivity index (χ0v) is 6.38. The number of nitrogen functional groups attached to an aromatic ring is 1. The molecule has 0 amide bonds. The first-order valence-electron chi connectivity index (χ1n) is 2.30. The summed E-state index contributed by atoms with van der Waals surface area (Å²) < 4.78 is 2.74. The molecule has 0 spiro atoms. The molecule has 52 valence electrons. The molecule has 9 heavy (non-hydrogen) atoms. The molecular formula is C3H7ClN4S. The van der Waals surface area contributed by atoms with Gasteiger partial charge < -0.3 is 5.84 Å². The number of aromatic amines is 2. The number of hydrogen-bond donors (Lipinski definition) is 3. The third-order valence-corrected chi connectivity index (χ3v) is 2.10.